The van der Waals surface area contributed by atoms with Gasteiger partial charge in [-0.1, -0.05) is 42.4 Å². The fourth-order valence-corrected chi connectivity index (χ4v) is 1.82. The number of nitrogens with zero attached hydrogens (tertiary/aromatic N) is 2. The normalized spacial score (nSPS) is 14.2. The number of rotatable bonds is 7. The third-order valence-electron chi connectivity index (χ3n) is 2.93. The van der Waals surface area contributed by atoms with E-state index >= 15 is 0 Å². The summed E-state index contributed by atoms with van der Waals surface area (Å²) >= 11 is 0. The van der Waals surface area contributed by atoms with Gasteiger partial charge in [0.05, 0.1) is 13.0 Å². The molecule has 0 bridgehead atoms. The van der Waals surface area contributed by atoms with Crippen LogP contribution in [0, 0.1) is 0 Å². The molecule has 5 nitrogen and oxygen atoms in total. The van der Waals surface area contributed by atoms with Crippen molar-refractivity contribution in [3.05, 3.63) is 47.6 Å². The molecule has 0 radical (unpaired) electrons. The molecular formula is C15H21N3O2. The number of benzene rings is 1. The zero-order valence-corrected chi connectivity index (χ0v) is 12.0. The Bertz CT molecular complexity index is 523. The van der Waals surface area contributed by atoms with Gasteiger partial charge in [-0.15, -0.1) is 0 Å². The summed E-state index contributed by atoms with van der Waals surface area (Å²) < 4.78 is 10.7. The van der Waals surface area contributed by atoms with Crippen LogP contribution in [0.25, 0.3) is 0 Å². The van der Waals surface area contributed by atoms with Crippen molar-refractivity contribution in [2.75, 3.05) is 13.2 Å². The molecule has 1 aromatic heterocycles. The van der Waals surface area contributed by atoms with E-state index in [9.17, 15) is 0 Å². The van der Waals surface area contributed by atoms with Crippen LogP contribution in [-0.2, 0) is 16.7 Å². The largest absolute Gasteiger partial charge is 0.379 e. The van der Waals surface area contributed by atoms with Crippen molar-refractivity contribution in [2.24, 2.45) is 5.73 Å². The smallest absolute Gasteiger partial charge is 0.231 e. The zero-order valence-electron chi connectivity index (χ0n) is 12.0. The van der Waals surface area contributed by atoms with Crippen LogP contribution in [0.1, 0.15) is 37.5 Å². The maximum Gasteiger partial charge on any atom is 0.231 e. The van der Waals surface area contributed by atoms with E-state index in [2.05, 4.69) is 17.1 Å². The van der Waals surface area contributed by atoms with Crippen LogP contribution in [0.3, 0.4) is 0 Å². The molecule has 0 saturated carbocycles. The highest BCUT2D eigenvalue weighted by molar-refractivity contribution is 5.18. The van der Waals surface area contributed by atoms with Crippen LogP contribution in [0.5, 0.6) is 0 Å². The van der Waals surface area contributed by atoms with Gasteiger partial charge >= 0.3 is 0 Å². The van der Waals surface area contributed by atoms with Crippen molar-refractivity contribution in [3.63, 3.8) is 0 Å². The van der Waals surface area contributed by atoms with Crippen molar-refractivity contribution in [1.29, 1.82) is 0 Å². The van der Waals surface area contributed by atoms with E-state index in [4.69, 9.17) is 15.0 Å². The molecule has 2 aromatic rings. The Hall–Kier alpha value is -1.72. The van der Waals surface area contributed by atoms with Crippen LogP contribution in [0.2, 0.25) is 0 Å². The molecule has 1 aromatic carbocycles. The molecule has 1 unspecified atom stereocenters. The molecule has 1 atom stereocenters. The predicted octanol–water partition coefficient (Wildman–Crippen LogP) is 2.26. The van der Waals surface area contributed by atoms with Gasteiger partial charge in [0.15, 0.2) is 5.82 Å². The van der Waals surface area contributed by atoms with Gasteiger partial charge in [-0.3, -0.25) is 0 Å². The zero-order chi connectivity index (χ0) is 14.4. The first-order chi connectivity index (χ1) is 9.62. The van der Waals surface area contributed by atoms with Gasteiger partial charge in [0.2, 0.25) is 5.89 Å². The lowest BCUT2D eigenvalue weighted by molar-refractivity contribution is 0.0867. The molecule has 0 aliphatic carbocycles. The Labute approximate surface area is 119 Å². The monoisotopic (exact) mass is 275 g/mol. The van der Waals surface area contributed by atoms with Crippen LogP contribution in [0.4, 0.5) is 0 Å². The summed E-state index contributed by atoms with van der Waals surface area (Å²) in [6, 6.07) is 9.99. The summed E-state index contributed by atoms with van der Waals surface area (Å²) in [5.41, 5.74) is 6.58. The highest BCUT2D eigenvalue weighted by Crippen LogP contribution is 2.16. The molecule has 0 amide bonds. The second-order valence-electron chi connectivity index (χ2n) is 5.14. The van der Waals surface area contributed by atoms with Crippen molar-refractivity contribution < 1.29 is 9.26 Å². The molecule has 0 aliphatic heterocycles. The van der Waals surface area contributed by atoms with Crippen LogP contribution in [0.15, 0.2) is 34.9 Å². The highest BCUT2D eigenvalue weighted by Gasteiger charge is 2.27. The first-order valence-electron chi connectivity index (χ1n) is 6.85. The van der Waals surface area contributed by atoms with Crippen LogP contribution in [-0.4, -0.2) is 23.4 Å². The van der Waals surface area contributed by atoms with Gasteiger partial charge < -0.3 is 15.0 Å². The fourth-order valence-electron chi connectivity index (χ4n) is 1.82. The summed E-state index contributed by atoms with van der Waals surface area (Å²) in [7, 11) is 0. The minimum atomic E-state index is -0.729. The number of aromatic nitrogens is 2. The topological polar surface area (TPSA) is 74.2 Å². The number of hydrogen-bond donors (Lipinski definition) is 1. The summed E-state index contributed by atoms with van der Waals surface area (Å²) in [5, 5.41) is 3.97. The first-order valence-corrected chi connectivity index (χ1v) is 6.85. The maximum atomic E-state index is 6.18. The van der Waals surface area contributed by atoms with Gasteiger partial charge in [0, 0.05) is 6.61 Å². The van der Waals surface area contributed by atoms with E-state index in [0.717, 1.165) is 12.0 Å². The van der Waals surface area contributed by atoms with Gasteiger partial charge in [-0.25, -0.2) is 0 Å². The molecule has 2 N–H and O–H groups in total. The van der Waals surface area contributed by atoms with Crippen molar-refractivity contribution in [2.45, 2.75) is 32.2 Å². The second kappa shape index (κ2) is 6.63. The maximum absolute atomic E-state index is 6.18. The molecule has 1 heterocycles. The van der Waals surface area contributed by atoms with Crippen LogP contribution >= 0.6 is 0 Å². The molecule has 20 heavy (non-hydrogen) atoms. The predicted molar refractivity (Wildman–Crippen MR) is 76.2 cm³/mol. The van der Waals surface area contributed by atoms with Crippen molar-refractivity contribution in [1.82, 2.24) is 10.1 Å². The second-order valence-corrected chi connectivity index (χ2v) is 5.14. The third-order valence-corrected chi connectivity index (χ3v) is 2.93. The third kappa shape index (κ3) is 3.88. The molecule has 0 fully saturated rings. The summed E-state index contributed by atoms with van der Waals surface area (Å²) in [4.78, 5) is 4.37. The first kappa shape index (κ1) is 14.7. The quantitative estimate of drug-likeness (QED) is 0.784. The van der Waals surface area contributed by atoms with Gasteiger partial charge in [0.25, 0.3) is 0 Å². The molecule has 108 valence electrons. The Kier molecular flexibility index (Phi) is 4.87. The van der Waals surface area contributed by atoms with E-state index in [1.165, 1.54) is 0 Å². The van der Waals surface area contributed by atoms with Crippen molar-refractivity contribution >= 4 is 0 Å². The summed E-state index contributed by atoms with van der Waals surface area (Å²) in [6.45, 7) is 4.96. The molecule has 0 saturated heterocycles. The standard InChI is InChI=1S/C15H21N3O2/c1-3-9-19-11-15(2,16)14-17-13(20-18-14)10-12-7-5-4-6-8-12/h4-8H,3,9-11,16H2,1-2H3. The molecular weight excluding hydrogens is 254 g/mol. The van der Waals surface area contributed by atoms with E-state index in [1.807, 2.05) is 37.3 Å². The van der Waals surface area contributed by atoms with E-state index in [1.54, 1.807) is 0 Å². The highest BCUT2D eigenvalue weighted by atomic mass is 16.5. The minimum absolute atomic E-state index is 0.380. The minimum Gasteiger partial charge on any atom is -0.379 e. The Morgan fingerprint density at radius 3 is 2.75 bits per heavy atom. The molecule has 0 aliphatic rings. The fraction of sp³-hybridized carbons (Fsp3) is 0.467. The van der Waals surface area contributed by atoms with Crippen molar-refractivity contribution in [3.8, 4) is 0 Å². The van der Waals surface area contributed by atoms with E-state index in [0.29, 0.717) is 31.3 Å². The van der Waals surface area contributed by atoms with Gasteiger partial charge in [0.1, 0.15) is 5.54 Å². The van der Waals surface area contributed by atoms with E-state index in [-0.39, 0.29) is 0 Å². The molecule has 5 heteroatoms. The Balaban J connectivity index is 2.01. The summed E-state index contributed by atoms with van der Waals surface area (Å²) in [5.74, 6) is 1.05. The molecule has 2 rings (SSSR count). The van der Waals surface area contributed by atoms with E-state index < -0.39 is 5.54 Å². The number of nitrogens with two attached hydrogens (primary N) is 1. The lowest BCUT2D eigenvalue weighted by Gasteiger charge is -2.19. The Morgan fingerprint density at radius 2 is 2.05 bits per heavy atom. The number of hydrogen-bond acceptors (Lipinski definition) is 5. The van der Waals surface area contributed by atoms with Crippen LogP contribution < -0.4 is 5.73 Å². The molecule has 0 spiro atoms. The number of ether oxygens (including phenoxy) is 1. The SMILES string of the molecule is CCCOCC(C)(N)c1noc(Cc2ccccc2)n1. The van der Waals surface area contributed by atoms with Gasteiger partial charge in [-0.05, 0) is 18.9 Å². The van der Waals surface area contributed by atoms with Gasteiger partial charge in [-0.2, -0.15) is 4.98 Å². The average molecular weight is 275 g/mol. The summed E-state index contributed by atoms with van der Waals surface area (Å²) in [6.07, 6.45) is 1.57. The average Bonchev–Trinajstić information content (AvgIpc) is 2.89. The lowest BCUT2D eigenvalue weighted by Crippen LogP contribution is -2.39. The lowest BCUT2D eigenvalue weighted by atomic mass is 10.1. The Morgan fingerprint density at radius 1 is 1.30 bits per heavy atom.